The first-order chi connectivity index (χ1) is 11.7. The average Bonchev–Trinajstić information content (AvgIpc) is 3.25. The molecule has 1 N–H and O–H groups in total. The summed E-state index contributed by atoms with van der Waals surface area (Å²) in [5.41, 5.74) is 0. The fourth-order valence-corrected chi connectivity index (χ4v) is 5.26. The zero-order valence-corrected chi connectivity index (χ0v) is 14.6. The molecule has 0 unspecified atom stereocenters. The van der Waals surface area contributed by atoms with Crippen molar-refractivity contribution in [2.45, 2.75) is 63.8 Å². The van der Waals surface area contributed by atoms with Crippen LogP contribution in [0.3, 0.4) is 0 Å². The smallest absolute Gasteiger partial charge is 0.226 e. The minimum absolute atomic E-state index is 0.00115. The number of hydrogen-bond acceptors (Lipinski definition) is 2. The SMILES string of the molecule is O=C(NC1CCCCC1)[C@H]1CCCN(C(=O)[C@H]2C[C@H]3C=C[C@H]2C3)C1. The lowest BCUT2D eigenvalue weighted by atomic mass is 9.89. The van der Waals surface area contributed by atoms with E-state index in [4.69, 9.17) is 0 Å². The number of fused-ring (bicyclic) bond motifs is 2. The highest BCUT2D eigenvalue weighted by Gasteiger charge is 2.42. The Kier molecular flexibility index (Phi) is 4.64. The number of hydrogen-bond donors (Lipinski definition) is 1. The molecule has 2 amide bonds. The molecule has 0 aromatic heterocycles. The van der Waals surface area contributed by atoms with Crippen molar-refractivity contribution in [3.05, 3.63) is 12.2 Å². The molecule has 0 aromatic carbocycles. The van der Waals surface area contributed by atoms with E-state index in [-0.39, 0.29) is 17.7 Å². The molecule has 24 heavy (non-hydrogen) atoms. The molecule has 4 rings (SSSR count). The molecule has 0 aromatic rings. The Bertz CT molecular complexity index is 524. The van der Waals surface area contributed by atoms with Crippen molar-refractivity contribution in [3.63, 3.8) is 0 Å². The van der Waals surface area contributed by atoms with Gasteiger partial charge in [-0.1, -0.05) is 31.4 Å². The monoisotopic (exact) mass is 330 g/mol. The van der Waals surface area contributed by atoms with Gasteiger partial charge in [-0.3, -0.25) is 9.59 Å². The molecule has 4 aliphatic rings. The summed E-state index contributed by atoms with van der Waals surface area (Å²) in [5.74, 6) is 1.76. The molecule has 2 saturated carbocycles. The van der Waals surface area contributed by atoms with Gasteiger partial charge in [-0.2, -0.15) is 0 Å². The fourth-order valence-electron chi connectivity index (χ4n) is 5.26. The van der Waals surface area contributed by atoms with Crippen molar-refractivity contribution in [1.82, 2.24) is 10.2 Å². The second kappa shape index (κ2) is 6.89. The van der Waals surface area contributed by atoms with Crippen LogP contribution in [-0.2, 0) is 9.59 Å². The van der Waals surface area contributed by atoms with E-state index in [1.807, 2.05) is 4.90 Å². The second-order valence-corrected chi connectivity index (χ2v) is 8.35. The van der Waals surface area contributed by atoms with Crippen LogP contribution in [0.25, 0.3) is 0 Å². The number of likely N-dealkylation sites (tertiary alicyclic amines) is 1. The van der Waals surface area contributed by atoms with Crippen molar-refractivity contribution in [2.24, 2.45) is 23.7 Å². The number of amides is 2. The Balaban J connectivity index is 1.32. The molecule has 4 nitrogen and oxygen atoms in total. The van der Waals surface area contributed by atoms with Gasteiger partial charge >= 0.3 is 0 Å². The van der Waals surface area contributed by atoms with Crippen molar-refractivity contribution in [1.29, 1.82) is 0 Å². The minimum atomic E-state index is -0.00115. The van der Waals surface area contributed by atoms with Crippen LogP contribution in [0.2, 0.25) is 0 Å². The molecular weight excluding hydrogens is 300 g/mol. The normalized spacial score (nSPS) is 36.1. The van der Waals surface area contributed by atoms with Gasteiger partial charge in [-0.05, 0) is 50.4 Å². The Labute approximate surface area is 145 Å². The van der Waals surface area contributed by atoms with Crippen molar-refractivity contribution in [2.75, 3.05) is 13.1 Å². The van der Waals surface area contributed by atoms with Crippen LogP contribution in [0.4, 0.5) is 0 Å². The van der Waals surface area contributed by atoms with Crippen molar-refractivity contribution in [3.8, 4) is 0 Å². The first-order valence-corrected chi connectivity index (χ1v) is 9.98. The largest absolute Gasteiger partial charge is 0.353 e. The first-order valence-electron chi connectivity index (χ1n) is 9.98. The highest BCUT2D eigenvalue weighted by atomic mass is 16.2. The first kappa shape index (κ1) is 16.2. The average molecular weight is 330 g/mol. The predicted molar refractivity (Wildman–Crippen MR) is 93.2 cm³/mol. The molecule has 1 saturated heterocycles. The molecule has 132 valence electrons. The van der Waals surface area contributed by atoms with E-state index in [0.29, 0.717) is 30.3 Å². The predicted octanol–water partition coefficient (Wildman–Crippen LogP) is 2.89. The van der Waals surface area contributed by atoms with E-state index in [9.17, 15) is 9.59 Å². The van der Waals surface area contributed by atoms with E-state index in [1.165, 1.54) is 19.3 Å². The molecule has 3 fully saturated rings. The van der Waals surface area contributed by atoms with Gasteiger partial charge in [0.1, 0.15) is 0 Å². The fraction of sp³-hybridized carbons (Fsp3) is 0.800. The molecule has 4 heteroatoms. The maximum absolute atomic E-state index is 12.9. The molecule has 3 aliphatic carbocycles. The van der Waals surface area contributed by atoms with Crippen LogP contribution in [-0.4, -0.2) is 35.8 Å². The third-order valence-electron chi connectivity index (χ3n) is 6.65. The lowest BCUT2D eigenvalue weighted by Gasteiger charge is -2.35. The number of carbonyl (C=O) groups is 2. The standard InChI is InChI=1S/C20H30N2O2/c23-19(21-17-6-2-1-3-7-17)16-5-4-10-22(13-16)20(24)18-12-14-8-9-15(18)11-14/h8-9,14-18H,1-7,10-13H2,(H,21,23)/t14-,15-,16-,18-/m0/s1. The Hall–Kier alpha value is -1.32. The Morgan fingerprint density at radius 2 is 1.79 bits per heavy atom. The molecule has 1 aliphatic heterocycles. The van der Waals surface area contributed by atoms with Gasteiger partial charge in [0.15, 0.2) is 0 Å². The number of carbonyl (C=O) groups excluding carboxylic acids is 2. The maximum atomic E-state index is 12.9. The lowest BCUT2D eigenvalue weighted by molar-refractivity contribution is -0.140. The molecule has 4 atom stereocenters. The molecule has 0 spiro atoms. The van der Waals surface area contributed by atoms with E-state index >= 15 is 0 Å². The highest BCUT2D eigenvalue weighted by molar-refractivity contribution is 5.83. The van der Waals surface area contributed by atoms with Crippen LogP contribution in [0.5, 0.6) is 0 Å². The van der Waals surface area contributed by atoms with Crippen LogP contribution in [0.1, 0.15) is 57.8 Å². The summed E-state index contributed by atoms with van der Waals surface area (Å²) in [6, 6.07) is 0.369. The number of allylic oxidation sites excluding steroid dienone is 2. The summed E-state index contributed by atoms with van der Waals surface area (Å²) in [4.78, 5) is 27.5. The third kappa shape index (κ3) is 3.25. The zero-order chi connectivity index (χ0) is 16.5. The third-order valence-corrected chi connectivity index (χ3v) is 6.65. The summed E-state index contributed by atoms with van der Waals surface area (Å²) in [6.07, 6.45) is 14.6. The van der Waals surface area contributed by atoms with Gasteiger partial charge in [-0.15, -0.1) is 0 Å². The van der Waals surface area contributed by atoms with E-state index in [2.05, 4.69) is 17.5 Å². The minimum Gasteiger partial charge on any atom is -0.353 e. The summed E-state index contributed by atoms with van der Waals surface area (Å²) < 4.78 is 0. The van der Waals surface area contributed by atoms with Crippen molar-refractivity contribution >= 4 is 11.8 Å². The quantitative estimate of drug-likeness (QED) is 0.809. The van der Waals surface area contributed by atoms with Crippen LogP contribution in [0, 0.1) is 23.7 Å². The Morgan fingerprint density at radius 1 is 0.958 bits per heavy atom. The lowest BCUT2D eigenvalue weighted by Crippen LogP contribution is -2.49. The maximum Gasteiger partial charge on any atom is 0.226 e. The number of piperidine rings is 1. The van der Waals surface area contributed by atoms with Gasteiger partial charge in [0, 0.05) is 25.0 Å². The molecule has 0 radical (unpaired) electrons. The number of nitrogens with one attached hydrogen (secondary N) is 1. The van der Waals surface area contributed by atoms with Crippen LogP contribution >= 0.6 is 0 Å². The topological polar surface area (TPSA) is 49.4 Å². The molecule has 2 bridgehead atoms. The van der Waals surface area contributed by atoms with Gasteiger partial charge in [0.05, 0.1) is 5.92 Å². The number of nitrogens with zero attached hydrogens (tertiary/aromatic N) is 1. The summed E-state index contributed by atoms with van der Waals surface area (Å²) in [5, 5.41) is 3.26. The molecular formula is C20H30N2O2. The van der Waals surface area contributed by atoms with Crippen LogP contribution in [0.15, 0.2) is 12.2 Å². The van der Waals surface area contributed by atoms with Gasteiger partial charge in [-0.25, -0.2) is 0 Å². The second-order valence-electron chi connectivity index (χ2n) is 8.35. The van der Waals surface area contributed by atoms with Crippen molar-refractivity contribution < 1.29 is 9.59 Å². The van der Waals surface area contributed by atoms with Gasteiger partial charge < -0.3 is 10.2 Å². The van der Waals surface area contributed by atoms with Gasteiger partial charge in [0.2, 0.25) is 11.8 Å². The molecule has 1 heterocycles. The number of rotatable bonds is 3. The summed E-state index contributed by atoms with van der Waals surface area (Å²) in [7, 11) is 0. The zero-order valence-electron chi connectivity index (χ0n) is 14.6. The Morgan fingerprint density at radius 3 is 2.50 bits per heavy atom. The van der Waals surface area contributed by atoms with Gasteiger partial charge in [0.25, 0.3) is 0 Å². The highest BCUT2D eigenvalue weighted by Crippen LogP contribution is 2.44. The summed E-state index contributed by atoms with van der Waals surface area (Å²) in [6.45, 7) is 1.47. The van der Waals surface area contributed by atoms with E-state index in [1.54, 1.807) is 0 Å². The van der Waals surface area contributed by atoms with E-state index in [0.717, 1.165) is 45.1 Å². The summed E-state index contributed by atoms with van der Waals surface area (Å²) >= 11 is 0. The van der Waals surface area contributed by atoms with Crippen LogP contribution < -0.4 is 5.32 Å². The van der Waals surface area contributed by atoms with E-state index < -0.39 is 0 Å².